The van der Waals surface area contributed by atoms with Crippen molar-refractivity contribution in [1.82, 2.24) is 0 Å². The van der Waals surface area contributed by atoms with E-state index in [1.807, 2.05) is 12.1 Å². The van der Waals surface area contributed by atoms with Gasteiger partial charge in [0.1, 0.15) is 0 Å². The lowest BCUT2D eigenvalue weighted by Gasteiger charge is -2.12. The van der Waals surface area contributed by atoms with E-state index in [4.69, 9.17) is 11.5 Å². The van der Waals surface area contributed by atoms with Crippen molar-refractivity contribution in [2.75, 3.05) is 17.6 Å². The van der Waals surface area contributed by atoms with Crippen molar-refractivity contribution >= 4 is 17.3 Å². The Balaban J connectivity index is 2.06. The maximum Gasteiger partial charge on any atom is 0.250 e. The quantitative estimate of drug-likeness (QED) is 0.729. The van der Waals surface area contributed by atoms with Gasteiger partial charge in [-0.05, 0) is 42.7 Å². The van der Waals surface area contributed by atoms with Crippen LogP contribution in [0.2, 0.25) is 0 Å². The van der Waals surface area contributed by atoms with Gasteiger partial charge in [0.2, 0.25) is 0 Å². The van der Waals surface area contributed by atoms with Crippen LogP contribution in [-0.4, -0.2) is 12.5 Å². The molecule has 4 nitrogen and oxygen atoms in total. The van der Waals surface area contributed by atoms with Gasteiger partial charge in [0.25, 0.3) is 5.91 Å². The minimum atomic E-state index is -0.455. The average Bonchev–Trinajstić information content (AvgIpc) is 2.41. The number of nitrogens with one attached hydrogen (secondary N) is 1. The number of hydrogen-bond acceptors (Lipinski definition) is 3. The molecule has 4 heteroatoms. The molecule has 0 saturated carbocycles. The molecule has 20 heavy (non-hydrogen) atoms. The summed E-state index contributed by atoms with van der Waals surface area (Å²) >= 11 is 0. The largest absolute Gasteiger partial charge is 0.399 e. The van der Waals surface area contributed by atoms with E-state index in [2.05, 4.69) is 24.4 Å². The van der Waals surface area contributed by atoms with Crippen LogP contribution in [0.25, 0.3) is 0 Å². The molecule has 0 aromatic heterocycles. The molecular formula is C16H19N3O. The molecule has 2 aromatic carbocycles. The van der Waals surface area contributed by atoms with Gasteiger partial charge in [0.05, 0.1) is 5.56 Å². The number of benzene rings is 2. The van der Waals surface area contributed by atoms with Crippen LogP contribution >= 0.6 is 0 Å². The summed E-state index contributed by atoms with van der Waals surface area (Å²) in [5.41, 5.74) is 15.4. The number of aryl methyl sites for hydroxylation is 1. The summed E-state index contributed by atoms with van der Waals surface area (Å²) in [6.07, 6.45) is 0.875. The second-order valence-electron chi connectivity index (χ2n) is 4.77. The summed E-state index contributed by atoms with van der Waals surface area (Å²) in [6.45, 7) is 2.80. The number of carbonyl (C=O) groups is 1. The maximum atomic E-state index is 11.4. The first kappa shape index (κ1) is 13.9. The molecule has 0 unspecified atom stereocenters. The SMILES string of the molecule is Cc1ccccc1CCNc1cc(N)ccc1C(N)=O. The van der Waals surface area contributed by atoms with Crippen LogP contribution < -0.4 is 16.8 Å². The first-order valence-corrected chi connectivity index (χ1v) is 6.55. The second kappa shape index (κ2) is 6.10. The predicted octanol–water partition coefficient (Wildman–Crippen LogP) is 2.33. The van der Waals surface area contributed by atoms with Gasteiger partial charge in [-0.15, -0.1) is 0 Å². The van der Waals surface area contributed by atoms with Gasteiger partial charge in [-0.3, -0.25) is 4.79 Å². The van der Waals surface area contributed by atoms with Gasteiger partial charge in [0, 0.05) is 17.9 Å². The fraction of sp³-hybridized carbons (Fsp3) is 0.188. The van der Waals surface area contributed by atoms with Crippen LogP contribution in [0.1, 0.15) is 21.5 Å². The third-order valence-corrected chi connectivity index (χ3v) is 3.28. The van der Waals surface area contributed by atoms with Crippen LogP contribution in [0, 0.1) is 6.92 Å². The number of anilines is 2. The summed E-state index contributed by atoms with van der Waals surface area (Å²) in [4.78, 5) is 11.4. The normalized spacial score (nSPS) is 10.2. The number of nitrogen functional groups attached to an aromatic ring is 1. The Kier molecular flexibility index (Phi) is 4.25. The fourth-order valence-corrected chi connectivity index (χ4v) is 2.15. The number of carbonyl (C=O) groups excluding carboxylic acids is 1. The Morgan fingerprint density at radius 1 is 1.20 bits per heavy atom. The lowest BCUT2D eigenvalue weighted by atomic mass is 10.1. The number of nitrogens with two attached hydrogens (primary N) is 2. The first-order chi connectivity index (χ1) is 9.58. The second-order valence-corrected chi connectivity index (χ2v) is 4.77. The average molecular weight is 269 g/mol. The van der Waals surface area contributed by atoms with E-state index in [0.29, 0.717) is 23.5 Å². The van der Waals surface area contributed by atoms with Crippen LogP contribution in [0.4, 0.5) is 11.4 Å². The van der Waals surface area contributed by atoms with Crippen molar-refractivity contribution in [3.05, 3.63) is 59.2 Å². The van der Waals surface area contributed by atoms with Gasteiger partial charge in [-0.25, -0.2) is 0 Å². The molecule has 5 N–H and O–H groups in total. The highest BCUT2D eigenvalue weighted by Gasteiger charge is 2.08. The molecule has 0 spiro atoms. The molecular weight excluding hydrogens is 250 g/mol. The highest BCUT2D eigenvalue weighted by molar-refractivity contribution is 5.99. The Morgan fingerprint density at radius 2 is 1.95 bits per heavy atom. The standard InChI is InChI=1S/C16H19N3O/c1-11-4-2-3-5-12(11)8-9-19-15-10-13(17)6-7-14(15)16(18)20/h2-7,10,19H,8-9,17H2,1H3,(H2,18,20). The Bertz CT molecular complexity index is 623. The Morgan fingerprint density at radius 3 is 2.65 bits per heavy atom. The van der Waals surface area contributed by atoms with Crippen molar-refractivity contribution in [3.8, 4) is 0 Å². The lowest BCUT2D eigenvalue weighted by molar-refractivity contribution is 0.100. The van der Waals surface area contributed by atoms with Gasteiger partial charge < -0.3 is 16.8 Å². The van der Waals surface area contributed by atoms with Gasteiger partial charge in [-0.2, -0.15) is 0 Å². The minimum Gasteiger partial charge on any atom is -0.399 e. The van der Waals surface area contributed by atoms with Crippen LogP contribution in [0.5, 0.6) is 0 Å². The molecule has 0 atom stereocenters. The number of hydrogen-bond donors (Lipinski definition) is 3. The predicted molar refractivity (Wildman–Crippen MR) is 82.7 cm³/mol. The topological polar surface area (TPSA) is 81.1 Å². The van der Waals surface area contributed by atoms with Crippen molar-refractivity contribution < 1.29 is 4.79 Å². The smallest absolute Gasteiger partial charge is 0.250 e. The van der Waals surface area contributed by atoms with E-state index in [9.17, 15) is 4.79 Å². The summed E-state index contributed by atoms with van der Waals surface area (Å²) in [6, 6.07) is 13.3. The van der Waals surface area contributed by atoms with E-state index in [1.54, 1.807) is 18.2 Å². The van der Waals surface area contributed by atoms with Crippen LogP contribution in [0.3, 0.4) is 0 Å². The first-order valence-electron chi connectivity index (χ1n) is 6.55. The number of amides is 1. The van der Waals surface area contributed by atoms with E-state index >= 15 is 0 Å². The maximum absolute atomic E-state index is 11.4. The molecule has 2 aromatic rings. The fourth-order valence-electron chi connectivity index (χ4n) is 2.15. The molecule has 0 aliphatic rings. The summed E-state index contributed by atoms with van der Waals surface area (Å²) in [5, 5.41) is 3.23. The summed E-state index contributed by atoms with van der Waals surface area (Å²) in [7, 11) is 0. The zero-order valence-corrected chi connectivity index (χ0v) is 11.5. The number of primary amides is 1. The zero-order valence-electron chi connectivity index (χ0n) is 11.5. The van der Waals surface area contributed by atoms with Crippen molar-refractivity contribution in [2.45, 2.75) is 13.3 Å². The van der Waals surface area contributed by atoms with Crippen LogP contribution in [-0.2, 0) is 6.42 Å². The monoisotopic (exact) mass is 269 g/mol. The summed E-state index contributed by atoms with van der Waals surface area (Å²) < 4.78 is 0. The molecule has 0 fully saturated rings. The molecule has 0 aliphatic heterocycles. The minimum absolute atomic E-state index is 0.455. The Labute approximate surface area is 118 Å². The molecule has 0 aliphatic carbocycles. The lowest BCUT2D eigenvalue weighted by Crippen LogP contribution is -2.16. The number of rotatable bonds is 5. The summed E-state index contributed by atoms with van der Waals surface area (Å²) in [5.74, 6) is -0.455. The van der Waals surface area contributed by atoms with Gasteiger partial charge >= 0.3 is 0 Å². The van der Waals surface area contributed by atoms with E-state index in [1.165, 1.54) is 11.1 Å². The third kappa shape index (κ3) is 3.29. The van der Waals surface area contributed by atoms with E-state index < -0.39 is 5.91 Å². The van der Waals surface area contributed by atoms with E-state index in [0.717, 1.165) is 6.42 Å². The van der Waals surface area contributed by atoms with Crippen molar-refractivity contribution in [3.63, 3.8) is 0 Å². The third-order valence-electron chi connectivity index (χ3n) is 3.28. The highest BCUT2D eigenvalue weighted by Crippen LogP contribution is 2.19. The molecule has 2 rings (SSSR count). The molecule has 0 saturated heterocycles. The highest BCUT2D eigenvalue weighted by atomic mass is 16.1. The molecule has 0 radical (unpaired) electrons. The van der Waals surface area contributed by atoms with Crippen molar-refractivity contribution in [1.29, 1.82) is 0 Å². The van der Waals surface area contributed by atoms with E-state index in [-0.39, 0.29) is 0 Å². The zero-order chi connectivity index (χ0) is 14.5. The molecule has 0 bridgehead atoms. The van der Waals surface area contributed by atoms with Gasteiger partial charge in [-0.1, -0.05) is 24.3 Å². The molecule has 1 amide bonds. The van der Waals surface area contributed by atoms with Gasteiger partial charge in [0.15, 0.2) is 0 Å². The molecule has 104 valence electrons. The Hall–Kier alpha value is -2.49. The van der Waals surface area contributed by atoms with Crippen molar-refractivity contribution in [2.24, 2.45) is 5.73 Å². The van der Waals surface area contributed by atoms with Crippen LogP contribution in [0.15, 0.2) is 42.5 Å². The molecule has 0 heterocycles.